The van der Waals surface area contributed by atoms with Gasteiger partial charge in [-0.1, -0.05) is 6.92 Å². The Labute approximate surface area is 73.2 Å². The van der Waals surface area contributed by atoms with Gasteiger partial charge in [0.2, 0.25) is 0 Å². The first-order valence-electron chi connectivity index (χ1n) is 4.24. The van der Waals surface area contributed by atoms with Gasteiger partial charge in [-0.05, 0) is 26.5 Å². The van der Waals surface area contributed by atoms with E-state index in [4.69, 9.17) is 0 Å². The Morgan fingerprint density at radius 1 is 1.33 bits per heavy atom. The highest BCUT2D eigenvalue weighted by Gasteiger charge is 1.96. The Kier molecular flexibility index (Phi) is 3.17. The summed E-state index contributed by atoms with van der Waals surface area (Å²) in [7, 11) is 0. The van der Waals surface area contributed by atoms with Crippen LogP contribution >= 0.6 is 0 Å². The fraction of sp³-hybridized carbons (Fsp3) is 0.556. The molecule has 0 aromatic carbocycles. The van der Waals surface area contributed by atoms with E-state index in [-0.39, 0.29) is 0 Å². The molecule has 0 radical (unpaired) electrons. The van der Waals surface area contributed by atoms with Crippen LogP contribution in [0.15, 0.2) is 6.07 Å². The number of aromatic nitrogens is 2. The highest BCUT2D eigenvalue weighted by atomic mass is 14.9. The molecule has 0 saturated carbocycles. The molecular weight excluding hydrogens is 150 g/mol. The Morgan fingerprint density at radius 3 is 2.67 bits per heavy atom. The molecule has 3 nitrogen and oxygen atoms in total. The number of rotatable bonds is 3. The van der Waals surface area contributed by atoms with Crippen LogP contribution in [0.3, 0.4) is 0 Å². The summed E-state index contributed by atoms with van der Waals surface area (Å²) in [4.78, 5) is 8.50. The lowest BCUT2D eigenvalue weighted by atomic mass is 10.3. The first kappa shape index (κ1) is 9.13. The number of hydrogen-bond donors (Lipinski definition) is 1. The molecular formula is C9H15N3. The molecule has 66 valence electrons. The van der Waals surface area contributed by atoms with Gasteiger partial charge in [0.25, 0.3) is 0 Å². The van der Waals surface area contributed by atoms with E-state index in [1.54, 1.807) is 0 Å². The lowest BCUT2D eigenvalue weighted by Crippen LogP contribution is -2.13. The van der Waals surface area contributed by atoms with Crippen molar-refractivity contribution < 1.29 is 0 Å². The fourth-order valence-electron chi connectivity index (χ4n) is 1.14. The maximum absolute atomic E-state index is 4.30. The highest BCUT2D eigenvalue weighted by Crippen LogP contribution is 1.98. The molecule has 12 heavy (non-hydrogen) atoms. The standard InChI is InChI=1S/C9H15N3/c1-4-10-6-9-5-7(2)11-8(3)12-9/h5,10H,4,6H2,1-3H3. The Morgan fingerprint density at radius 2 is 2.08 bits per heavy atom. The molecule has 0 saturated heterocycles. The lowest BCUT2D eigenvalue weighted by Gasteiger charge is -2.02. The van der Waals surface area contributed by atoms with E-state index in [2.05, 4.69) is 22.2 Å². The normalized spacial score (nSPS) is 10.2. The molecule has 0 aliphatic heterocycles. The Balaban J connectivity index is 2.72. The summed E-state index contributed by atoms with van der Waals surface area (Å²) < 4.78 is 0. The van der Waals surface area contributed by atoms with Crippen LogP contribution in [0.1, 0.15) is 24.1 Å². The minimum absolute atomic E-state index is 0.834. The predicted octanol–water partition coefficient (Wildman–Crippen LogP) is 1.20. The first-order valence-corrected chi connectivity index (χ1v) is 4.24. The molecule has 0 fully saturated rings. The smallest absolute Gasteiger partial charge is 0.125 e. The molecule has 1 aromatic rings. The van der Waals surface area contributed by atoms with Crippen LogP contribution in [0.2, 0.25) is 0 Å². The molecule has 1 rings (SSSR count). The van der Waals surface area contributed by atoms with E-state index in [0.717, 1.165) is 30.3 Å². The van der Waals surface area contributed by atoms with Gasteiger partial charge in [-0.3, -0.25) is 0 Å². The average Bonchev–Trinajstić information content (AvgIpc) is 1.99. The van der Waals surface area contributed by atoms with Crippen LogP contribution in [0.25, 0.3) is 0 Å². The molecule has 1 aromatic heterocycles. The topological polar surface area (TPSA) is 37.8 Å². The fourth-order valence-corrected chi connectivity index (χ4v) is 1.14. The van der Waals surface area contributed by atoms with Gasteiger partial charge >= 0.3 is 0 Å². The van der Waals surface area contributed by atoms with Gasteiger partial charge in [0.05, 0.1) is 5.69 Å². The second-order valence-electron chi connectivity index (χ2n) is 2.83. The summed E-state index contributed by atoms with van der Waals surface area (Å²) in [5, 5.41) is 3.23. The van der Waals surface area contributed by atoms with Crippen molar-refractivity contribution in [1.29, 1.82) is 0 Å². The van der Waals surface area contributed by atoms with Crippen LogP contribution in [0.4, 0.5) is 0 Å². The van der Waals surface area contributed by atoms with Crippen molar-refractivity contribution in [1.82, 2.24) is 15.3 Å². The van der Waals surface area contributed by atoms with Crippen molar-refractivity contribution in [2.24, 2.45) is 0 Å². The molecule has 3 heteroatoms. The first-order chi connectivity index (χ1) is 5.72. The lowest BCUT2D eigenvalue weighted by molar-refractivity contribution is 0.703. The van der Waals surface area contributed by atoms with E-state index in [0.29, 0.717) is 0 Å². The van der Waals surface area contributed by atoms with Gasteiger partial charge in [-0.25, -0.2) is 9.97 Å². The van der Waals surface area contributed by atoms with E-state index in [1.807, 2.05) is 19.9 Å². The molecule has 1 heterocycles. The quantitative estimate of drug-likeness (QED) is 0.731. The van der Waals surface area contributed by atoms with E-state index < -0.39 is 0 Å². The number of nitrogens with one attached hydrogen (secondary N) is 1. The highest BCUT2D eigenvalue weighted by molar-refractivity contribution is 5.09. The van der Waals surface area contributed by atoms with Crippen LogP contribution < -0.4 is 5.32 Å². The SMILES string of the molecule is CCNCc1cc(C)nc(C)n1. The zero-order valence-corrected chi connectivity index (χ0v) is 7.89. The molecule has 0 bridgehead atoms. The van der Waals surface area contributed by atoms with Crippen molar-refractivity contribution in [3.63, 3.8) is 0 Å². The summed E-state index contributed by atoms with van der Waals surface area (Å²) in [6.45, 7) is 7.80. The van der Waals surface area contributed by atoms with Crippen molar-refractivity contribution in [2.45, 2.75) is 27.3 Å². The van der Waals surface area contributed by atoms with Gasteiger partial charge in [0.1, 0.15) is 5.82 Å². The third-order valence-electron chi connectivity index (χ3n) is 1.58. The van der Waals surface area contributed by atoms with E-state index in [1.165, 1.54) is 0 Å². The average molecular weight is 165 g/mol. The summed E-state index contributed by atoms with van der Waals surface area (Å²) in [6, 6.07) is 2.01. The summed E-state index contributed by atoms with van der Waals surface area (Å²) >= 11 is 0. The Bertz CT molecular complexity index is 238. The van der Waals surface area contributed by atoms with Crippen LogP contribution in [0.5, 0.6) is 0 Å². The van der Waals surface area contributed by atoms with Crippen molar-refractivity contribution in [2.75, 3.05) is 6.54 Å². The number of nitrogens with zero attached hydrogens (tertiary/aromatic N) is 2. The summed E-state index contributed by atoms with van der Waals surface area (Å²) in [5.41, 5.74) is 2.11. The zero-order chi connectivity index (χ0) is 8.97. The van der Waals surface area contributed by atoms with Gasteiger partial charge in [0, 0.05) is 12.2 Å². The second-order valence-corrected chi connectivity index (χ2v) is 2.83. The van der Waals surface area contributed by atoms with E-state index in [9.17, 15) is 0 Å². The van der Waals surface area contributed by atoms with Crippen molar-refractivity contribution in [3.8, 4) is 0 Å². The third kappa shape index (κ3) is 2.58. The minimum Gasteiger partial charge on any atom is -0.311 e. The minimum atomic E-state index is 0.834. The van der Waals surface area contributed by atoms with Crippen LogP contribution in [-0.4, -0.2) is 16.5 Å². The van der Waals surface area contributed by atoms with Gasteiger partial charge in [-0.15, -0.1) is 0 Å². The maximum Gasteiger partial charge on any atom is 0.125 e. The van der Waals surface area contributed by atoms with Gasteiger partial charge in [0.15, 0.2) is 0 Å². The molecule has 1 N–H and O–H groups in total. The molecule has 0 aliphatic rings. The number of hydrogen-bond acceptors (Lipinski definition) is 3. The molecule has 0 unspecified atom stereocenters. The molecule has 0 aliphatic carbocycles. The van der Waals surface area contributed by atoms with Gasteiger partial charge < -0.3 is 5.32 Å². The largest absolute Gasteiger partial charge is 0.311 e. The van der Waals surface area contributed by atoms with Gasteiger partial charge in [-0.2, -0.15) is 0 Å². The van der Waals surface area contributed by atoms with Crippen molar-refractivity contribution >= 4 is 0 Å². The molecule has 0 atom stereocenters. The van der Waals surface area contributed by atoms with Crippen molar-refractivity contribution in [3.05, 3.63) is 23.3 Å². The molecule has 0 spiro atoms. The zero-order valence-electron chi connectivity index (χ0n) is 7.89. The number of aryl methyl sites for hydroxylation is 2. The van der Waals surface area contributed by atoms with Crippen LogP contribution in [-0.2, 0) is 6.54 Å². The predicted molar refractivity (Wildman–Crippen MR) is 48.9 cm³/mol. The monoisotopic (exact) mass is 165 g/mol. The maximum atomic E-state index is 4.30. The second kappa shape index (κ2) is 4.16. The van der Waals surface area contributed by atoms with Crippen LogP contribution in [0, 0.1) is 13.8 Å². The molecule has 0 amide bonds. The Hall–Kier alpha value is -0.960. The summed E-state index contributed by atoms with van der Waals surface area (Å²) in [5.74, 6) is 0.850. The third-order valence-corrected chi connectivity index (χ3v) is 1.58. The van der Waals surface area contributed by atoms with E-state index >= 15 is 0 Å². The summed E-state index contributed by atoms with van der Waals surface area (Å²) in [6.07, 6.45) is 0.